The summed E-state index contributed by atoms with van der Waals surface area (Å²) < 4.78 is 11.5. The fourth-order valence-electron chi connectivity index (χ4n) is 8.11. The van der Waals surface area contributed by atoms with E-state index in [0.29, 0.717) is 34.6 Å². The third kappa shape index (κ3) is 6.57. The predicted octanol–water partition coefficient (Wildman–Crippen LogP) is 3.77. The predicted molar refractivity (Wildman–Crippen MR) is 182 cm³/mol. The van der Waals surface area contributed by atoms with Crippen molar-refractivity contribution in [2.24, 2.45) is 29.1 Å². The van der Waals surface area contributed by atoms with Crippen LogP contribution in [-0.2, 0) is 20.9 Å². The van der Waals surface area contributed by atoms with Gasteiger partial charge in [-0.25, -0.2) is 4.79 Å². The van der Waals surface area contributed by atoms with Crippen LogP contribution in [0.5, 0.6) is 5.75 Å². The van der Waals surface area contributed by atoms with Crippen molar-refractivity contribution < 1.29 is 33.8 Å². The fourth-order valence-corrected chi connectivity index (χ4v) is 8.11. The number of nitrogens with one attached hydrogen (secondary N) is 3. The van der Waals surface area contributed by atoms with Gasteiger partial charge in [0.05, 0.1) is 19.6 Å². The number of ether oxygens (including phenoxy) is 2. The van der Waals surface area contributed by atoms with E-state index >= 15 is 0 Å². The van der Waals surface area contributed by atoms with E-state index in [1.54, 1.807) is 21.1 Å². The van der Waals surface area contributed by atoms with Gasteiger partial charge < -0.3 is 35.4 Å². The summed E-state index contributed by atoms with van der Waals surface area (Å²) in [5.74, 6) is 0.527. The molecule has 4 aliphatic rings. The van der Waals surface area contributed by atoms with Crippen LogP contribution in [0.2, 0.25) is 0 Å². The van der Waals surface area contributed by atoms with Crippen LogP contribution in [-0.4, -0.2) is 87.9 Å². The summed E-state index contributed by atoms with van der Waals surface area (Å²) in [5.41, 5.74) is 3.81. The summed E-state index contributed by atoms with van der Waals surface area (Å²) >= 11 is 0. The van der Waals surface area contributed by atoms with Crippen molar-refractivity contribution >= 4 is 23.6 Å². The molecule has 262 valence electrons. The number of hydrogen-bond donors (Lipinski definition) is 4. The zero-order chi connectivity index (χ0) is 35.1. The SMILES string of the molecule is CNC(=O)O[C@@H](C)[C@H]1C(O)ON(Cc2cccc(-c3cc(C(=O)NC)cc(N(C)C)c3)c2OC)[C@@H]1C(=O)N[C@H]1C[C@H]2C[C@@H]([C@@H]1C)C2(C)C. The molecule has 1 saturated heterocycles. The summed E-state index contributed by atoms with van der Waals surface area (Å²) in [5, 5.41) is 21.1. The number of aliphatic hydroxyl groups is 1. The lowest BCUT2D eigenvalue weighted by Gasteiger charge is -2.62. The molecule has 12 nitrogen and oxygen atoms in total. The molecule has 12 heteroatoms. The molecular formula is C36H51N5O7. The summed E-state index contributed by atoms with van der Waals surface area (Å²) in [7, 11) is 8.43. The maximum atomic E-state index is 14.3. The molecule has 0 aromatic heterocycles. The number of nitrogens with zero attached hydrogens (tertiary/aromatic N) is 2. The Bertz CT molecular complexity index is 1530. The highest BCUT2D eigenvalue weighted by Crippen LogP contribution is 2.61. The molecule has 3 saturated carbocycles. The number of benzene rings is 2. The number of para-hydroxylation sites is 1. The second kappa shape index (κ2) is 13.9. The lowest BCUT2D eigenvalue weighted by atomic mass is 9.45. The quantitative estimate of drug-likeness (QED) is 0.299. The maximum absolute atomic E-state index is 14.3. The van der Waals surface area contributed by atoms with E-state index in [9.17, 15) is 19.5 Å². The summed E-state index contributed by atoms with van der Waals surface area (Å²) in [6.07, 6.45) is -0.850. The molecule has 0 radical (unpaired) electrons. The molecule has 2 aromatic rings. The van der Waals surface area contributed by atoms with Gasteiger partial charge in [0.1, 0.15) is 17.9 Å². The Balaban J connectivity index is 1.48. The van der Waals surface area contributed by atoms with Gasteiger partial charge in [-0.15, -0.1) is 0 Å². The van der Waals surface area contributed by atoms with E-state index in [4.69, 9.17) is 14.3 Å². The molecule has 2 aromatic carbocycles. The number of methoxy groups -OCH3 is 1. The maximum Gasteiger partial charge on any atom is 0.407 e. The first-order chi connectivity index (χ1) is 22.7. The summed E-state index contributed by atoms with van der Waals surface area (Å²) in [4.78, 5) is 47.0. The smallest absolute Gasteiger partial charge is 0.407 e. The lowest BCUT2D eigenvalue weighted by molar-refractivity contribution is -0.231. The first kappa shape index (κ1) is 35.4. The van der Waals surface area contributed by atoms with Crippen LogP contribution in [0.25, 0.3) is 11.1 Å². The van der Waals surface area contributed by atoms with Crippen molar-refractivity contribution in [3.63, 3.8) is 0 Å². The number of hydrogen-bond acceptors (Lipinski definition) is 9. The van der Waals surface area contributed by atoms with Gasteiger partial charge in [0.15, 0.2) is 6.29 Å². The minimum absolute atomic E-state index is 0.0129. The number of hydroxylamine groups is 2. The van der Waals surface area contributed by atoms with Gasteiger partial charge in [-0.3, -0.25) is 14.4 Å². The number of aliphatic hydroxyl groups excluding tert-OH is 1. The average Bonchev–Trinajstić information content (AvgIpc) is 3.39. The molecule has 0 spiro atoms. The first-order valence-corrected chi connectivity index (χ1v) is 16.7. The van der Waals surface area contributed by atoms with E-state index in [0.717, 1.165) is 23.2 Å². The first-order valence-electron chi connectivity index (χ1n) is 16.7. The summed E-state index contributed by atoms with van der Waals surface area (Å²) in [6, 6.07) is 10.3. The van der Waals surface area contributed by atoms with Gasteiger partial charge in [-0.05, 0) is 66.7 Å². The molecular weight excluding hydrogens is 614 g/mol. The Labute approximate surface area is 283 Å². The number of amides is 3. The fraction of sp³-hybridized carbons (Fsp3) is 0.583. The van der Waals surface area contributed by atoms with Crippen LogP contribution < -0.4 is 25.6 Å². The molecule has 8 atom stereocenters. The monoisotopic (exact) mass is 665 g/mol. The zero-order valence-electron chi connectivity index (χ0n) is 29.5. The molecule has 48 heavy (non-hydrogen) atoms. The van der Waals surface area contributed by atoms with Crippen LogP contribution in [0, 0.1) is 29.1 Å². The van der Waals surface area contributed by atoms with Crippen molar-refractivity contribution in [3.05, 3.63) is 47.5 Å². The Kier molecular flexibility index (Phi) is 10.3. The molecule has 1 heterocycles. The van der Waals surface area contributed by atoms with Crippen LogP contribution in [0.15, 0.2) is 36.4 Å². The van der Waals surface area contributed by atoms with Gasteiger partial charge in [-0.2, -0.15) is 5.06 Å². The molecule has 6 rings (SSSR count). The second-order valence-electron chi connectivity index (χ2n) is 14.3. The molecule has 3 amide bonds. The van der Waals surface area contributed by atoms with E-state index in [1.807, 2.05) is 55.4 Å². The minimum Gasteiger partial charge on any atom is -0.496 e. The van der Waals surface area contributed by atoms with Gasteiger partial charge >= 0.3 is 6.09 Å². The second-order valence-corrected chi connectivity index (χ2v) is 14.3. The van der Waals surface area contributed by atoms with E-state index < -0.39 is 30.4 Å². The summed E-state index contributed by atoms with van der Waals surface area (Å²) in [6.45, 7) is 8.57. The molecule has 1 aliphatic heterocycles. The van der Waals surface area contributed by atoms with Crippen LogP contribution in [0.1, 0.15) is 56.5 Å². The third-order valence-corrected chi connectivity index (χ3v) is 11.1. The molecule has 3 aliphatic carbocycles. The number of fused-ring (bicyclic) bond motifs is 2. The number of rotatable bonds is 10. The highest BCUT2D eigenvalue weighted by molar-refractivity contribution is 5.97. The Morgan fingerprint density at radius 3 is 2.46 bits per heavy atom. The van der Waals surface area contributed by atoms with Crippen molar-refractivity contribution in [2.45, 2.75) is 71.6 Å². The van der Waals surface area contributed by atoms with Crippen LogP contribution in [0.4, 0.5) is 10.5 Å². The zero-order valence-corrected chi connectivity index (χ0v) is 29.5. The number of alkyl carbamates (subject to hydrolysis) is 1. The molecule has 2 bridgehead atoms. The van der Waals surface area contributed by atoms with Crippen LogP contribution >= 0.6 is 0 Å². The normalized spacial score (nSPS) is 28.1. The Hall–Kier alpha value is -3.87. The third-order valence-electron chi connectivity index (χ3n) is 11.1. The van der Waals surface area contributed by atoms with Gasteiger partial charge in [0, 0.05) is 56.6 Å². The lowest BCUT2D eigenvalue weighted by Crippen LogP contribution is -2.62. The molecule has 4 fully saturated rings. The number of carbonyl (C=O) groups excluding carboxylic acids is 3. The van der Waals surface area contributed by atoms with Gasteiger partial charge in [0.25, 0.3) is 5.91 Å². The van der Waals surface area contributed by atoms with Crippen LogP contribution in [0.3, 0.4) is 0 Å². The number of carbonyl (C=O) groups is 3. The van der Waals surface area contributed by atoms with Crippen molar-refractivity contribution in [1.29, 1.82) is 0 Å². The Morgan fingerprint density at radius 2 is 1.85 bits per heavy atom. The largest absolute Gasteiger partial charge is 0.496 e. The van der Waals surface area contributed by atoms with E-state index in [1.165, 1.54) is 18.5 Å². The topological polar surface area (TPSA) is 142 Å². The van der Waals surface area contributed by atoms with Gasteiger partial charge in [-0.1, -0.05) is 39.0 Å². The molecule has 1 unspecified atom stereocenters. The number of anilines is 1. The van der Waals surface area contributed by atoms with Gasteiger partial charge in [0.2, 0.25) is 5.91 Å². The highest BCUT2D eigenvalue weighted by atomic mass is 16.8. The van der Waals surface area contributed by atoms with Crippen molar-refractivity contribution in [2.75, 3.05) is 40.2 Å². The van der Waals surface area contributed by atoms with Crippen molar-refractivity contribution in [3.8, 4) is 16.9 Å². The average molecular weight is 666 g/mol. The van der Waals surface area contributed by atoms with E-state index in [-0.39, 0.29) is 29.8 Å². The van der Waals surface area contributed by atoms with Crippen molar-refractivity contribution in [1.82, 2.24) is 21.0 Å². The Morgan fingerprint density at radius 1 is 1.12 bits per heavy atom. The standard InChI is InChI=1S/C36H51N5O7/c1-19-27-16-24(36(27,3)4)17-28(19)39-33(43)30-29(20(2)47-35(45)38-6)34(44)48-41(30)18-21-11-10-12-26(31(21)46-9)22-13-23(32(42)37-5)15-25(14-22)40(7)8/h10-15,19-20,24,27-30,34,44H,16-18H2,1-9H3,(H,37,42)(H,38,45)(H,39,43)/t19-,20-,24+,27-,28-,29+,30-,34?/m0/s1. The molecule has 4 N–H and O–H groups in total. The van der Waals surface area contributed by atoms with E-state index in [2.05, 4.69) is 36.7 Å². The minimum atomic E-state index is -1.41. The highest BCUT2D eigenvalue weighted by Gasteiger charge is 2.57.